The smallest absolute Gasteiger partial charge is 0.240 e. The molecule has 3 fully saturated rings. The number of piperidine rings is 1. The van der Waals surface area contributed by atoms with E-state index in [-0.39, 0.29) is 23.0 Å². The van der Waals surface area contributed by atoms with E-state index in [9.17, 15) is 4.79 Å². The number of nitrogens with zero attached hydrogens (tertiary/aromatic N) is 1. The van der Waals surface area contributed by atoms with Crippen LogP contribution in [0.5, 0.6) is 0 Å². The van der Waals surface area contributed by atoms with Crippen molar-refractivity contribution in [3.8, 4) is 0 Å². The number of rotatable bonds is 6. The van der Waals surface area contributed by atoms with Gasteiger partial charge in [0.1, 0.15) is 5.54 Å². The first-order valence-electron chi connectivity index (χ1n) is 10.8. The molecule has 3 rings (SSSR count). The summed E-state index contributed by atoms with van der Waals surface area (Å²) in [7, 11) is 0. The SMILES string of the molecule is CCOC1CC(N)(C(=O)NCC2(N3CCCCC3)CCCCC2)C1(C)C. The molecule has 2 unspecified atom stereocenters. The van der Waals surface area contributed by atoms with Gasteiger partial charge in [-0.2, -0.15) is 0 Å². The maximum atomic E-state index is 13.1. The predicted octanol–water partition coefficient (Wildman–Crippen LogP) is 2.82. The molecule has 26 heavy (non-hydrogen) atoms. The maximum Gasteiger partial charge on any atom is 0.240 e. The van der Waals surface area contributed by atoms with Crippen LogP contribution >= 0.6 is 0 Å². The highest BCUT2D eigenvalue weighted by atomic mass is 16.5. The molecule has 1 amide bonds. The second kappa shape index (κ2) is 7.76. The van der Waals surface area contributed by atoms with E-state index in [1.807, 2.05) is 6.92 Å². The van der Waals surface area contributed by atoms with Crippen LogP contribution in [0.25, 0.3) is 0 Å². The third kappa shape index (κ3) is 3.43. The first kappa shape index (κ1) is 20.1. The number of hydrogen-bond acceptors (Lipinski definition) is 4. The van der Waals surface area contributed by atoms with Crippen LogP contribution in [0.15, 0.2) is 0 Å². The molecule has 3 N–H and O–H groups in total. The highest BCUT2D eigenvalue weighted by Crippen LogP contribution is 2.50. The van der Waals surface area contributed by atoms with Crippen LogP contribution in [-0.2, 0) is 9.53 Å². The van der Waals surface area contributed by atoms with Gasteiger partial charge in [0, 0.05) is 30.5 Å². The quantitative estimate of drug-likeness (QED) is 0.759. The van der Waals surface area contributed by atoms with Gasteiger partial charge in [-0.25, -0.2) is 0 Å². The number of carbonyl (C=O) groups excluding carboxylic acids is 1. The van der Waals surface area contributed by atoms with Gasteiger partial charge in [0.25, 0.3) is 0 Å². The Labute approximate surface area is 159 Å². The first-order chi connectivity index (χ1) is 12.4. The summed E-state index contributed by atoms with van der Waals surface area (Å²) >= 11 is 0. The third-order valence-electron chi connectivity index (χ3n) is 7.62. The molecule has 5 heteroatoms. The Bertz CT molecular complexity index is 495. The van der Waals surface area contributed by atoms with Crippen LogP contribution < -0.4 is 11.1 Å². The topological polar surface area (TPSA) is 67.6 Å². The molecule has 2 atom stereocenters. The second-order valence-corrected chi connectivity index (χ2v) is 9.36. The van der Waals surface area contributed by atoms with Gasteiger partial charge in [-0.15, -0.1) is 0 Å². The standard InChI is InChI=1S/C21H39N3O2/c1-4-26-17-15-21(22,19(17,2)3)18(25)23-16-20(11-7-5-8-12-20)24-13-9-6-10-14-24/h17H,4-16,22H2,1-3H3,(H,23,25). The molecule has 0 aromatic carbocycles. The zero-order valence-electron chi connectivity index (χ0n) is 17.1. The van der Waals surface area contributed by atoms with E-state index in [0.29, 0.717) is 13.0 Å². The van der Waals surface area contributed by atoms with Crippen LogP contribution in [-0.4, -0.2) is 54.2 Å². The molecular weight excluding hydrogens is 326 g/mol. The fraction of sp³-hybridized carbons (Fsp3) is 0.952. The molecule has 150 valence electrons. The summed E-state index contributed by atoms with van der Waals surface area (Å²) in [6.07, 6.45) is 10.9. The zero-order valence-corrected chi connectivity index (χ0v) is 17.1. The predicted molar refractivity (Wildman–Crippen MR) is 105 cm³/mol. The Kier molecular flexibility index (Phi) is 6.00. The summed E-state index contributed by atoms with van der Waals surface area (Å²) in [4.78, 5) is 15.7. The number of nitrogens with one attached hydrogen (secondary N) is 1. The number of ether oxygens (including phenoxy) is 1. The monoisotopic (exact) mass is 365 g/mol. The van der Waals surface area contributed by atoms with E-state index in [4.69, 9.17) is 10.5 Å². The van der Waals surface area contributed by atoms with Crippen molar-refractivity contribution in [1.82, 2.24) is 10.2 Å². The van der Waals surface area contributed by atoms with Gasteiger partial charge >= 0.3 is 0 Å². The van der Waals surface area contributed by atoms with Crippen molar-refractivity contribution >= 4 is 5.91 Å². The van der Waals surface area contributed by atoms with Gasteiger partial charge in [0.15, 0.2) is 0 Å². The molecule has 0 aromatic rings. The van der Waals surface area contributed by atoms with E-state index in [0.717, 1.165) is 6.54 Å². The van der Waals surface area contributed by atoms with Crippen LogP contribution in [0.2, 0.25) is 0 Å². The molecule has 1 saturated heterocycles. The minimum absolute atomic E-state index is 0.0143. The summed E-state index contributed by atoms with van der Waals surface area (Å²) in [5.41, 5.74) is 5.59. The maximum absolute atomic E-state index is 13.1. The molecule has 1 heterocycles. The van der Waals surface area contributed by atoms with E-state index in [1.165, 1.54) is 64.5 Å². The summed E-state index contributed by atoms with van der Waals surface area (Å²) < 4.78 is 5.78. The van der Waals surface area contributed by atoms with Gasteiger partial charge in [0.05, 0.1) is 6.10 Å². The van der Waals surface area contributed by atoms with Gasteiger partial charge < -0.3 is 15.8 Å². The Morgan fingerprint density at radius 3 is 2.31 bits per heavy atom. The molecule has 5 nitrogen and oxygen atoms in total. The van der Waals surface area contributed by atoms with E-state index in [2.05, 4.69) is 24.1 Å². The fourth-order valence-electron chi connectivity index (χ4n) is 5.41. The van der Waals surface area contributed by atoms with Crippen molar-refractivity contribution in [3.05, 3.63) is 0 Å². The van der Waals surface area contributed by atoms with Crippen molar-refractivity contribution in [2.45, 2.75) is 95.7 Å². The number of amides is 1. The Morgan fingerprint density at radius 2 is 1.73 bits per heavy atom. The van der Waals surface area contributed by atoms with Gasteiger partial charge in [-0.3, -0.25) is 9.69 Å². The molecule has 0 bridgehead atoms. The Hall–Kier alpha value is -0.650. The molecule has 0 radical (unpaired) electrons. The summed E-state index contributed by atoms with van der Waals surface area (Å²) in [5, 5.41) is 3.29. The van der Waals surface area contributed by atoms with Gasteiger partial charge in [-0.1, -0.05) is 39.5 Å². The number of carbonyl (C=O) groups is 1. The number of likely N-dealkylation sites (tertiary alicyclic amines) is 1. The number of hydrogen-bond donors (Lipinski definition) is 2. The molecule has 0 spiro atoms. The highest BCUT2D eigenvalue weighted by Gasteiger charge is 2.63. The second-order valence-electron chi connectivity index (χ2n) is 9.36. The van der Waals surface area contributed by atoms with E-state index in [1.54, 1.807) is 0 Å². The van der Waals surface area contributed by atoms with Crippen LogP contribution in [0.3, 0.4) is 0 Å². The molecular formula is C21H39N3O2. The Morgan fingerprint density at radius 1 is 1.12 bits per heavy atom. The summed E-state index contributed by atoms with van der Waals surface area (Å²) in [6.45, 7) is 9.92. The molecule has 2 saturated carbocycles. The molecule has 2 aliphatic carbocycles. The van der Waals surface area contributed by atoms with Gasteiger partial charge in [0.2, 0.25) is 5.91 Å². The minimum atomic E-state index is -0.815. The Balaban J connectivity index is 1.64. The summed E-state index contributed by atoms with van der Waals surface area (Å²) in [6, 6.07) is 0. The lowest BCUT2D eigenvalue weighted by atomic mass is 9.54. The minimum Gasteiger partial charge on any atom is -0.378 e. The van der Waals surface area contributed by atoms with E-state index < -0.39 is 5.54 Å². The summed E-state index contributed by atoms with van der Waals surface area (Å²) in [5.74, 6) is 0.0143. The molecule has 3 aliphatic rings. The van der Waals surface area contributed by atoms with Crippen molar-refractivity contribution < 1.29 is 9.53 Å². The van der Waals surface area contributed by atoms with Crippen molar-refractivity contribution in [2.24, 2.45) is 11.1 Å². The van der Waals surface area contributed by atoms with Crippen molar-refractivity contribution in [2.75, 3.05) is 26.2 Å². The molecule has 0 aromatic heterocycles. The van der Waals surface area contributed by atoms with Crippen molar-refractivity contribution in [3.63, 3.8) is 0 Å². The van der Waals surface area contributed by atoms with E-state index >= 15 is 0 Å². The first-order valence-corrected chi connectivity index (χ1v) is 10.8. The average Bonchev–Trinajstić information content (AvgIpc) is 2.67. The lowest BCUT2D eigenvalue weighted by Crippen LogP contribution is -2.76. The third-order valence-corrected chi connectivity index (χ3v) is 7.62. The van der Waals surface area contributed by atoms with Crippen LogP contribution in [0.1, 0.15) is 78.6 Å². The molecule has 1 aliphatic heterocycles. The van der Waals surface area contributed by atoms with Crippen LogP contribution in [0, 0.1) is 5.41 Å². The number of nitrogens with two attached hydrogens (primary N) is 1. The highest BCUT2D eigenvalue weighted by molar-refractivity contribution is 5.88. The lowest BCUT2D eigenvalue weighted by molar-refractivity contribution is -0.171. The lowest BCUT2D eigenvalue weighted by Gasteiger charge is -2.58. The zero-order chi connectivity index (χ0) is 18.8. The van der Waals surface area contributed by atoms with Crippen LogP contribution in [0.4, 0.5) is 0 Å². The fourth-order valence-corrected chi connectivity index (χ4v) is 5.41. The van der Waals surface area contributed by atoms with Gasteiger partial charge in [-0.05, 0) is 45.7 Å². The van der Waals surface area contributed by atoms with Crippen molar-refractivity contribution in [1.29, 1.82) is 0 Å². The largest absolute Gasteiger partial charge is 0.378 e. The normalized spacial score (nSPS) is 34.1. The average molecular weight is 366 g/mol.